The predicted molar refractivity (Wildman–Crippen MR) is 90.4 cm³/mol. The van der Waals surface area contributed by atoms with Gasteiger partial charge in [-0.25, -0.2) is 0 Å². The number of nitrogens with one attached hydrogen (secondary N) is 1. The van der Waals surface area contributed by atoms with Crippen LogP contribution in [0.2, 0.25) is 0 Å². The molecule has 1 amide bonds. The topological polar surface area (TPSA) is 29.1 Å². The van der Waals surface area contributed by atoms with Gasteiger partial charge in [-0.05, 0) is 77.7 Å². The molecule has 0 saturated carbocycles. The number of anilines is 1. The zero-order valence-corrected chi connectivity index (χ0v) is 14.7. The summed E-state index contributed by atoms with van der Waals surface area (Å²) < 4.78 is 1.87. The third kappa shape index (κ3) is 3.30. The van der Waals surface area contributed by atoms with Gasteiger partial charge in [0.05, 0.1) is 5.69 Å². The van der Waals surface area contributed by atoms with E-state index < -0.39 is 0 Å². The lowest BCUT2D eigenvalue weighted by Crippen LogP contribution is -2.14. The van der Waals surface area contributed by atoms with Crippen LogP contribution in [0.1, 0.15) is 27.0 Å². The molecule has 2 rings (SSSR count). The van der Waals surface area contributed by atoms with E-state index in [9.17, 15) is 4.79 Å². The average Bonchev–Trinajstić information content (AvgIpc) is 2.33. The number of rotatable bonds is 2. The second-order valence-electron chi connectivity index (χ2n) is 4.85. The van der Waals surface area contributed by atoms with E-state index in [1.54, 1.807) is 0 Å². The monoisotopic (exact) mass is 395 g/mol. The average molecular weight is 397 g/mol. The summed E-state index contributed by atoms with van der Waals surface area (Å²) in [5.41, 5.74) is 4.65. The van der Waals surface area contributed by atoms with E-state index in [0.29, 0.717) is 5.56 Å². The molecule has 2 nitrogen and oxygen atoms in total. The molecule has 0 aliphatic heterocycles. The molecule has 20 heavy (non-hydrogen) atoms. The van der Waals surface area contributed by atoms with Crippen molar-refractivity contribution in [2.24, 2.45) is 0 Å². The second kappa shape index (κ2) is 6.10. The first-order valence-corrected chi connectivity index (χ1v) is 7.81. The maximum Gasteiger partial charge on any atom is 0.255 e. The Balaban J connectivity index is 2.33. The summed E-state index contributed by atoms with van der Waals surface area (Å²) in [6.45, 7) is 5.95. The third-order valence-electron chi connectivity index (χ3n) is 3.10. The van der Waals surface area contributed by atoms with Gasteiger partial charge >= 0.3 is 0 Å². The van der Waals surface area contributed by atoms with Gasteiger partial charge in [0.25, 0.3) is 5.91 Å². The number of hydrogen-bond acceptors (Lipinski definition) is 1. The van der Waals surface area contributed by atoms with Crippen molar-refractivity contribution in [2.75, 3.05) is 5.32 Å². The Morgan fingerprint density at radius 3 is 2.30 bits per heavy atom. The third-order valence-corrected chi connectivity index (χ3v) is 4.22. The number of amides is 1. The van der Waals surface area contributed by atoms with Crippen LogP contribution in [-0.4, -0.2) is 5.91 Å². The lowest BCUT2D eigenvalue weighted by atomic mass is 10.1. The minimum atomic E-state index is -0.0948. The van der Waals surface area contributed by atoms with Crippen LogP contribution >= 0.6 is 31.9 Å². The molecule has 2 aromatic rings. The van der Waals surface area contributed by atoms with Crippen molar-refractivity contribution in [3.8, 4) is 0 Å². The molecule has 0 heterocycles. The molecule has 104 valence electrons. The van der Waals surface area contributed by atoms with E-state index in [1.165, 1.54) is 0 Å². The van der Waals surface area contributed by atoms with E-state index in [0.717, 1.165) is 31.3 Å². The molecule has 0 spiro atoms. The summed E-state index contributed by atoms with van der Waals surface area (Å²) in [5.74, 6) is -0.0948. The molecule has 0 fully saturated rings. The summed E-state index contributed by atoms with van der Waals surface area (Å²) >= 11 is 6.91. The molecular weight excluding hydrogens is 382 g/mol. The van der Waals surface area contributed by atoms with E-state index in [2.05, 4.69) is 43.2 Å². The van der Waals surface area contributed by atoms with Crippen LogP contribution in [0.5, 0.6) is 0 Å². The molecule has 0 saturated heterocycles. The van der Waals surface area contributed by atoms with Crippen LogP contribution in [0.3, 0.4) is 0 Å². The van der Waals surface area contributed by atoms with Gasteiger partial charge in [-0.15, -0.1) is 0 Å². The molecule has 0 aliphatic carbocycles. The van der Waals surface area contributed by atoms with Crippen LogP contribution in [0.4, 0.5) is 5.69 Å². The second-order valence-corrected chi connectivity index (χ2v) is 6.62. The molecule has 0 atom stereocenters. The SMILES string of the molecule is Cc1cc(C)c(NC(=O)c2ccc(Br)cc2C)c(Br)c1. The van der Waals surface area contributed by atoms with Crippen LogP contribution in [0.15, 0.2) is 39.3 Å². The summed E-state index contributed by atoms with van der Waals surface area (Å²) in [6, 6.07) is 9.68. The number of carbonyl (C=O) groups is 1. The lowest BCUT2D eigenvalue weighted by molar-refractivity contribution is 0.102. The number of aryl methyl sites for hydroxylation is 3. The van der Waals surface area contributed by atoms with Crippen molar-refractivity contribution in [1.82, 2.24) is 0 Å². The molecule has 0 aromatic heterocycles. The van der Waals surface area contributed by atoms with Gasteiger partial charge in [0, 0.05) is 14.5 Å². The van der Waals surface area contributed by atoms with E-state index in [4.69, 9.17) is 0 Å². The first kappa shape index (κ1) is 15.3. The Hall–Kier alpha value is -1.13. The van der Waals surface area contributed by atoms with E-state index in [1.807, 2.05) is 45.0 Å². The van der Waals surface area contributed by atoms with Crippen LogP contribution in [0.25, 0.3) is 0 Å². The number of hydrogen-bond donors (Lipinski definition) is 1. The summed E-state index contributed by atoms with van der Waals surface area (Å²) in [7, 11) is 0. The normalized spacial score (nSPS) is 10.4. The van der Waals surface area contributed by atoms with Crippen LogP contribution in [-0.2, 0) is 0 Å². The molecule has 0 bridgehead atoms. The quantitative estimate of drug-likeness (QED) is 0.724. The highest BCUT2D eigenvalue weighted by Crippen LogP contribution is 2.28. The van der Waals surface area contributed by atoms with Gasteiger partial charge in [0.2, 0.25) is 0 Å². The Labute approximate surface area is 135 Å². The molecule has 0 radical (unpaired) electrons. The van der Waals surface area contributed by atoms with Crippen molar-refractivity contribution in [3.63, 3.8) is 0 Å². The standard InChI is InChI=1S/C16H15Br2NO/c1-9-6-11(3)15(14(18)7-9)19-16(20)13-5-4-12(17)8-10(13)2/h4-8H,1-3H3,(H,19,20). The summed E-state index contributed by atoms with van der Waals surface area (Å²) in [5, 5.41) is 2.98. The molecular formula is C16H15Br2NO. The zero-order valence-electron chi connectivity index (χ0n) is 11.6. The number of halogens is 2. The maximum absolute atomic E-state index is 12.4. The van der Waals surface area contributed by atoms with Crippen LogP contribution < -0.4 is 5.32 Å². The molecule has 4 heteroatoms. The Morgan fingerprint density at radius 1 is 1.00 bits per heavy atom. The van der Waals surface area contributed by atoms with Gasteiger partial charge in [0.1, 0.15) is 0 Å². The molecule has 2 aromatic carbocycles. The first-order chi connectivity index (χ1) is 9.38. The zero-order chi connectivity index (χ0) is 14.9. The predicted octanol–water partition coefficient (Wildman–Crippen LogP) is 5.39. The fraction of sp³-hybridized carbons (Fsp3) is 0.188. The van der Waals surface area contributed by atoms with Crippen molar-refractivity contribution >= 4 is 43.5 Å². The summed E-state index contributed by atoms with van der Waals surface area (Å²) in [6.07, 6.45) is 0. The van der Waals surface area contributed by atoms with Crippen LogP contribution in [0, 0.1) is 20.8 Å². The Morgan fingerprint density at radius 2 is 1.70 bits per heavy atom. The van der Waals surface area contributed by atoms with Gasteiger partial charge in [0.15, 0.2) is 0 Å². The highest BCUT2D eigenvalue weighted by Gasteiger charge is 2.13. The summed E-state index contributed by atoms with van der Waals surface area (Å²) in [4.78, 5) is 12.4. The van der Waals surface area contributed by atoms with E-state index >= 15 is 0 Å². The van der Waals surface area contributed by atoms with Crippen molar-refractivity contribution in [1.29, 1.82) is 0 Å². The smallest absolute Gasteiger partial charge is 0.255 e. The minimum absolute atomic E-state index is 0.0948. The lowest BCUT2D eigenvalue weighted by Gasteiger charge is -2.13. The van der Waals surface area contributed by atoms with E-state index in [-0.39, 0.29) is 5.91 Å². The van der Waals surface area contributed by atoms with Crippen molar-refractivity contribution in [2.45, 2.75) is 20.8 Å². The van der Waals surface area contributed by atoms with Crippen molar-refractivity contribution < 1.29 is 4.79 Å². The highest BCUT2D eigenvalue weighted by molar-refractivity contribution is 9.10. The maximum atomic E-state index is 12.4. The fourth-order valence-corrected chi connectivity index (χ4v) is 3.39. The minimum Gasteiger partial charge on any atom is -0.321 e. The fourth-order valence-electron chi connectivity index (χ4n) is 2.14. The van der Waals surface area contributed by atoms with Gasteiger partial charge in [-0.2, -0.15) is 0 Å². The molecule has 0 unspecified atom stereocenters. The van der Waals surface area contributed by atoms with Gasteiger partial charge in [-0.3, -0.25) is 4.79 Å². The first-order valence-electron chi connectivity index (χ1n) is 6.22. The van der Waals surface area contributed by atoms with Gasteiger partial charge < -0.3 is 5.32 Å². The van der Waals surface area contributed by atoms with Crippen molar-refractivity contribution in [3.05, 3.63) is 61.5 Å². The largest absolute Gasteiger partial charge is 0.321 e. The Kier molecular flexibility index (Phi) is 4.66. The molecule has 1 N–H and O–H groups in total. The number of benzene rings is 2. The van der Waals surface area contributed by atoms with Gasteiger partial charge in [-0.1, -0.05) is 22.0 Å². The Bertz CT molecular complexity index is 657. The number of carbonyl (C=O) groups excluding carboxylic acids is 1. The highest BCUT2D eigenvalue weighted by atomic mass is 79.9. The molecule has 0 aliphatic rings.